The van der Waals surface area contributed by atoms with Crippen LogP contribution in [0.5, 0.6) is 0 Å². The van der Waals surface area contributed by atoms with Crippen molar-refractivity contribution < 1.29 is 9.90 Å². The van der Waals surface area contributed by atoms with Gasteiger partial charge in [-0.05, 0) is 18.4 Å². The van der Waals surface area contributed by atoms with Gasteiger partial charge in [0.2, 0.25) is 5.91 Å². The van der Waals surface area contributed by atoms with Crippen LogP contribution in [-0.2, 0) is 4.79 Å². The Balaban J connectivity index is 1.75. The molecule has 1 aromatic rings. The van der Waals surface area contributed by atoms with E-state index in [4.69, 9.17) is 0 Å². The molecule has 0 bridgehead atoms. The van der Waals surface area contributed by atoms with E-state index >= 15 is 0 Å². The molecule has 1 aliphatic carbocycles. The highest BCUT2D eigenvalue weighted by Crippen LogP contribution is 2.29. The van der Waals surface area contributed by atoms with Gasteiger partial charge in [0, 0.05) is 44.1 Å². The minimum absolute atomic E-state index is 0.159. The van der Waals surface area contributed by atoms with Crippen LogP contribution in [-0.4, -0.2) is 65.1 Å². The number of aliphatic hydroxyl groups excluding tert-OH is 1. The van der Waals surface area contributed by atoms with Crippen molar-refractivity contribution in [2.45, 2.75) is 31.4 Å². The first-order valence-corrected chi connectivity index (χ1v) is 10.1. The van der Waals surface area contributed by atoms with E-state index < -0.39 is 0 Å². The summed E-state index contributed by atoms with van der Waals surface area (Å²) in [5.74, 6) is 2.56. The van der Waals surface area contributed by atoms with Gasteiger partial charge in [-0.25, -0.2) is 0 Å². The van der Waals surface area contributed by atoms with Crippen molar-refractivity contribution in [2.24, 2.45) is 5.92 Å². The number of carbonyl (C=O) groups is 1. The highest BCUT2D eigenvalue weighted by atomic mass is 32.2. The topological polar surface area (TPSA) is 43.8 Å². The minimum Gasteiger partial charge on any atom is -0.393 e. The lowest BCUT2D eigenvalue weighted by molar-refractivity contribution is -0.136. The molecule has 2 aliphatic rings. The third-order valence-corrected chi connectivity index (χ3v) is 6.21. The molecule has 1 aliphatic heterocycles. The number of thioether (sulfide) groups is 1. The summed E-state index contributed by atoms with van der Waals surface area (Å²) in [6, 6.07) is 9.93. The molecule has 3 rings (SSSR count). The van der Waals surface area contributed by atoms with Gasteiger partial charge < -0.3 is 10.0 Å². The van der Waals surface area contributed by atoms with Gasteiger partial charge >= 0.3 is 0 Å². The summed E-state index contributed by atoms with van der Waals surface area (Å²) >= 11 is 1.96. The molecule has 1 heterocycles. The summed E-state index contributed by atoms with van der Waals surface area (Å²) in [5.41, 5.74) is 1.08. The maximum Gasteiger partial charge on any atom is 0.244 e. The van der Waals surface area contributed by atoms with Gasteiger partial charge in [0.1, 0.15) is 6.04 Å². The second-order valence-corrected chi connectivity index (χ2v) is 8.16. The van der Waals surface area contributed by atoms with Crippen LogP contribution in [0.3, 0.4) is 0 Å². The zero-order chi connectivity index (χ0) is 16.9. The van der Waals surface area contributed by atoms with Crippen LogP contribution in [0.25, 0.3) is 0 Å². The van der Waals surface area contributed by atoms with E-state index in [1.807, 2.05) is 41.9 Å². The fourth-order valence-electron chi connectivity index (χ4n) is 3.86. The van der Waals surface area contributed by atoms with Crippen LogP contribution in [0.1, 0.15) is 30.9 Å². The SMILES string of the molecule is CN(CC1CCCC1O)C(=O)C(c1ccccc1)N1CCSCC1. The summed E-state index contributed by atoms with van der Waals surface area (Å²) in [7, 11) is 1.89. The zero-order valence-electron chi connectivity index (χ0n) is 14.4. The van der Waals surface area contributed by atoms with E-state index in [1.54, 1.807) is 0 Å². The van der Waals surface area contributed by atoms with Crippen LogP contribution < -0.4 is 0 Å². The molecule has 3 unspecified atom stereocenters. The largest absolute Gasteiger partial charge is 0.393 e. The van der Waals surface area contributed by atoms with E-state index in [-0.39, 0.29) is 24.0 Å². The lowest BCUT2D eigenvalue weighted by Crippen LogP contribution is -2.46. The Hall–Kier alpha value is -1.04. The van der Waals surface area contributed by atoms with E-state index in [0.717, 1.165) is 49.4 Å². The second-order valence-electron chi connectivity index (χ2n) is 6.94. The first-order valence-electron chi connectivity index (χ1n) is 8.96. The van der Waals surface area contributed by atoms with Gasteiger partial charge in [0.25, 0.3) is 0 Å². The molecule has 1 aromatic carbocycles. The fourth-order valence-corrected chi connectivity index (χ4v) is 4.79. The Morgan fingerprint density at radius 2 is 2.00 bits per heavy atom. The standard InChI is InChI=1S/C19H28N2O2S/c1-20(14-16-8-5-9-17(16)22)19(23)18(15-6-3-2-4-7-15)21-10-12-24-13-11-21/h2-4,6-7,16-18,22H,5,8-14H2,1H3. The van der Waals surface area contributed by atoms with Gasteiger partial charge in [-0.2, -0.15) is 11.8 Å². The first-order chi connectivity index (χ1) is 11.7. The van der Waals surface area contributed by atoms with Gasteiger partial charge in [0.15, 0.2) is 0 Å². The van der Waals surface area contributed by atoms with Crippen molar-refractivity contribution in [2.75, 3.05) is 38.2 Å². The smallest absolute Gasteiger partial charge is 0.244 e. The van der Waals surface area contributed by atoms with E-state index in [1.165, 1.54) is 0 Å². The third kappa shape index (κ3) is 4.13. The predicted octanol–water partition coefficient (Wildman–Crippen LogP) is 2.40. The molecule has 1 N–H and O–H groups in total. The molecular formula is C19H28N2O2S. The van der Waals surface area contributed by atoms with Crippen molar-refractivity contribution in [1.82, 2.24) is 9.80 Å². The number of carbonyl (C=O) groups excluding carboxylic acids is 1. The Labute approximate surface area is 149 Å². The summed E-state index contributed by atoms with van der Waals surface area (Å²) in [6.45, 7) is 2.57. The van der Waals surface area contributed by atoms with Crippen molar-refractivity contribution >= 4 is 17.7 Å². The van der Waals surface area contributed by atoms with Gasteiger partial charge in [-0.3, -0.25) is 9.69 Å². The van der Waals surface area contributed by atoms with Gasteiger partial charge in [-0.1, -0.05) is 36.8 Å². The average molecular weight is 349 g/mol. The number of benzene rings is 1. The molecule has 0 aromatic heterocycles. The Kier molecular flexibility index (Phi) is 6.19. The minimum atomic E-state index is -0.248. The van der Waals surface area contributed by atoms with Crippen LogP contribution in [0.15, 0.2) is 30.3 Å². The molecule has 0 radical (unpaired) electrons. The fraction of sp³-hybridized carbons (Fsp3) is 0.632. The van der Waals surface area contributed by atoms with Crippen LogP contribution in [0.4, 0.5) is 0 Å². The lowest BCUT2D eigenvalue weighted by atomic mass is 10.0. The number of hydrogen-bond donors (Lipinski definition) is 1. The first kappa shape index (κ1) is 17.8. The third-order valence-electron chi connectivity index (χ3n) is 5.26. The summed E-state index contributed by atoms with van der Waals surface area (Å²) in [6.07, 6.45) is 2.72. The highest BCUT2D eigenvalue weighted by molar-refractivity contribution is 7.99. The van der Waals surface area contributed by atoms with Gasteiger partial charge in [0.05, 0.1) is 6.10 Å². The Morgan fingerprint density at radius 1 is 1.29 bits per heavy atom. The molecular weight excluding hydrogens is 320 g/mol. The van der Waals surface area contributed by atoms with Crippen molar-refractivity contribution in [3.8, 4) is 0 Å². The molecule has 4 nitrogen and oxygen atoms in total. The summed E-state index contributed by atoms with van der Waals surface area (Å²) < 4.78 is 0. The molecule has 2 fully saturated rings. The molecule has 1 saturated heterocycles. The van der Waals surface area contributed by atoms with Crippen LogP contribution in [0.2, 0.25) is 0 Å². The molecule has 5 heteroatoms. The normalized spacial score (nSPS) is 26.2. The van der Waals surface area contributed by atoms with Crippen molar-refractivity contribution in [3.63, 3.8) is 0 Å². The molecule has 24 heavy (non-hydrogen) atoms. The lowest BCUT2D eigenvalue weighted by Gasteiger charge is -2.36. The van der Waals surface area contributed by atoms with Crippen LogP contribution >= 0.6 is 11.8 Å². The maximum atomic E-state index is 13.2. The molecule has 132 valence electrons. The predicted molar refractivity (Wildman–Crippen MR) is 99.1 cm³/mol. The van der Waals surface area contributed by atoms with Gasteiger partial charge in [-0.15, -0.1) is 0 Å². The molecule has 0 spiro atoms. The van der Waals surface area contributed by atoms with Crippen molar-refractivity contribution in [3.05, 3.63) is 35.9 Å². The zero-order valence-corrected chi connectivity index (χ0v) is 15.3. The molecule has 3 atom stereocenters. The summed E-state index contributed by atoms with van der Waals surface area (Å²) in [4.78, 5) is 17.4. The second kappa shape index (κ2) is 8.37. The summed E-state index contributed by atoms with van der Waals surface area (Å²) in [5, 5.41) is 10.1. The molecule has 1 amide bonds. The highest BCUT2D eigenvalue weighted by Gasteiger charge is 2.33. The monoisotopic (exact) mass is 348 g/mol. The van der Waals surface area contributed by atoms with E-state index in [0.29, 0.717) is 6.54 Å². The molecule has 1 saturated carbocycles. The number of aliphatic hydroxyl groups is 1. The van der Waals surface area contributed by atoms with Crippen LogP contribution in [0, 0.1) is 5.92 Å². The number of hydrogen-bond acceptors (Lipinski definition) is 4. The number of likely N-dealkylation sites (N-methyl/N-ethyl adjacent to an activating group) is 1. The quantitative estimate of drug-likeness (QED) is 0.887. The Bertz CT molecular complexity index is 533. The van der Waals surface area contributed by atoms with Crippen molar-refractivity contribution in [1.29, 1.82) is 0 Å². The number of amides is 1. The maximum absolute atomic E-state index is 13.2. The number of rotatable bonds is 5. The van der Waals surface area contributed by atoms with E-state index in [2.05, 4.69) is 17.0 Å². The van der Waals surface area contributed by atoms with E-state index in [9.17, 15) is 9.90 Å². The number of nitrogens with zero attached hydrogens (tertiary/aromatic N) is 2. The average Bonchev–Trinajstić information content (AvgIpc) is 3.02. The Morgan fingerprint density at radius 3 is 2.62 bits per heavy atom.